The number of hydrogen-bond donors (Lipinski definition) is 2. The first kappa shape index (κ1) is 14.1. The van der Waals surface area contributed by atoms with Crippen molar-refractivity contribution in [3.05, 3.63) is 35.4 Å². The number of amides is 1. The monoisotopic (exact) mass is 260 g/mol. The van der Waals surface area contributed by atoms with Gasteiger partial charge in [0.25, 0.3) is 0 Å². The van der Waals surface area contributed by atoms with Crippen LogP contribution in [-0.4, -0.2) is 18.0 Å². The lowest BCUT2D eigenvalue weighted by Crippen LogP contribution is -2.57. The molecule has 104 valence electrons. The van der Waals surface area contributed by atoms with Gasteiger partial charge < -0.3 is 10.6 Å². The van der Waals surface area contributed by atoms with Gasteiger partial charge in [0.2, 0.25) is 5.91 Å². The molecule has 1 amide bonds. The fourth-order valence-electron chi connectivity index (χ4n) is 2.54. The van der Waals surface area contributed by atoms with E-state index < -0.39 is 5.54 Å². The van der Waals surface area contributed by atoms with Gasteiger partial charge in [-0.25, -0.2) is 0 Å². The number of carbonyl (C=O) groups is 1. The molecular weight excluding hydrogens is 236 g/mol. The quantitative estimate of drug-likeness (QED) is 0.877. The highest BCUT2D eigenvalue weighted by atomic mass is 16.2. The molecule has 19 heavy (non-hydrogen) atoms. The van der Waals surface area contributed by atoms with Gasteiger partial charge in [-0.15, -0.1) is 0 Å². The number of carbonyl (C=O) groups excluding carboxylic acids is 1. The minimum Gasteiger partial charge on any atom is -0.348 e. The minimum atomic E-state index is -0.406. The highest BCUT2D eigenvalue weighted by molar-refractivity contribution is 5.86. The molecule has 1 aliphatic rings. The van der Waals surface area contributed by atoms with E-state index >= 15 is 0 Å². The van der Waals surface area contributed by atoms with Crippen molar-refractivity contribution in [3.63, 3.8) is 0 Å². The van der Waals surface area contributed by atoms with Crippen molar-refractivity contribution in [2.24, 2.45) is 0 Å². The van der Waals surface area contributed by atoms with Crippen LogP contribution in [0.5, 0.6) is 0 Å². The first-order valence-corrected chi connectivity index (χ1v) is 7.14. The van der Waals surface area contributed by atoms with Gasteiger partial charge in [0.1, 0.15) is 0 Å². The third-order valence-electron chi connectivity index (χ3n) is 4.04. The maximum Gasteiger partial charge on any atom is 0.240 e. The summed E-state index contributed by atoms with van der Waals surface area (Å²) >= 11 is 0. The lowest BCUT2D eigenvalue weighted by Gasteiger charge is -2.34. The third kappa shape index (κ3) is 3.35. The van der Waals surface area contributed by atoms with Gasteiger partial charge in [0.15, 0.2) is 0 Å². The van der Waals surface area contributed by atoms with E-state index in [1.54, 1.807) is 0 Å². The van der Waals surface area contributed by atoms with Gasteiger partial charge in [0, 0.05) is 0 Å². The van der Waals surface area contributed by atoms with E-state index in [1.807, 2.05) is 13.8 Å². The molecule has 0 bridgehead atoms. The Morgan fingerprint density at radius 1 is 1.32 bits per heavy atom. The Bertz CT molecular complexity index is 433. The van der Waals surface area contributed by atoms with Crippen molar-refractivity contribution < 1.29 is 4.79 Å². The summed E-state index contributed by atoms with van der Waals surface area (Å²) in [7, 11) is 0. The Kier molecular flexibility index (Phi) is 4.25. The number of piperidine rings is 1. The normalized spacial score (nSPS) is 24.8. The molecule has 0 radical (unpaired) electrons. The maximum atomic E-state index is 12.4. The Labute approximate surface area is 115 Å². The molecule has 2 atom stereocenters. The predicted octanol–water partition coefficient (Wildman–Crippen LogP) is 2.70. The van der Waals surface area contributed by atoms with E-state index in [0.29, 0.717) is 0 Å². The van der Waals surface area contributed by atoms with Crippen LogP contribution in [0, 0.1) is 6.92 Å². The Morgan fingerprint density at radius 2 is 2.00 bits per heavy atom. The second kappa shape index (κ2) is 5.74. The molecule has 2 rings (SSSR count). The zero-order valence-corrected chi connectivity index (χ0v) is 12.1. The Balaban J connectivity index is 2.00. The van der Waals surface area contributed by atoms with Crippen LogP contribution in [0.3, 0.4) is 0 Å². The predicted molar refractivity (Wildman–Crippen MR) is 78.0 cm³/mol. The van der Waals surface area contributed by atoms with Gasteiger partial charge in [-0.1, -0.05) is 29.8 Å². The highest BCUT2D eigenvalue weighted by Gasteiger charge is 2.34. The molecule has 3 heteroatoms. The first-order valence-electron chi connectivity index (χ1n) is 7.14. The smallest absolute Gasteiger partial charge is 0.240 e. The second-order valence-corrected chi connectivity index (χ2v) is 5.82. The summed E-state index contributed by atoms with van der Waals surface area (Å²) in [5.41, 5.74) is 1.98. The summed E-state index contributed by atoms with van der Waals surface area (Å²) in [4.78, 5) is 12.4. The average molecular weight is 260 g/mol. The largest absolute Gasteiger partial charge is 0.348 e. The van der Waals surface area contributed by atoms with Gasteiger partial charge in [-0.3, -0.25) is 4.79 Å². The lowest BCUT2D eigenvalue weighted by atomic mass is 9.89. The van der Waals surface area contributed by atoms with Crippen LogP contribution in [0.1, 0.15) is 50.3 Å². The molecular formula is C16H24N2O. The maximum absolute atomic E-state index is 12.4. The van der Waals surface area contributed by atoms with Gasteiger partial charge in [0.05, 0.1) is 11.6 Å². The number of hydrogen-bond acceptors (Lipinski definition) is 2. The Morgan fingerprint density at radius 3 is 2.58 bits per heavy atom. The molecule has 3 nitrogen and oxygen atoms in total. The first-order chi connectivity index (χ1) is 9.01. The van der Waals surface area contributed by atoms with Crippen LogP contribution in [0.4, 0.5) is 0 Å². The number of rotatable bonds is 3. The van der Waals surface area contributed by atoms with Crippen LogP contribution in [0.2, 0.25) is 0 Å². The van der Waals surface area contributed by atoms with Gasteiger partial charge >= 0.3 is 0 Å². The van der Waals surface area contributed by atoms with E-state index in [-0.39, 0.29) is 11.9 Å². The van der Waals surface area contributed by atoms with Crippen LogP contribution >= 0.6 is 0 Å². The van der Waals surface area contributed by atoms with Crippen molar-refractivity contribution in [2.45, 2.75) is 51.6 Å². The molecule has 2 unspecified atom stereocenters. The van der Waals surface area contributed by atoms with Crippen molar-refractivity contribution >= 4 is 5.91 Å². The van der Waals surface area contributed by atoms with Gasteiger partial charge in [-0.05, 0) is 52.1 Å². The van der Waals surface area contributed by atoms with Crippen LogP contribution < -0.4 is 10.6 Å². The molecule has 1 aromatic carbocycles. The summed E-state index contributed by atoms with van der Waals surface area (Å²) < 4.78 is 0. The minimum absolute atomic E-state index is 0.0497. The number of benzene rings is 1. The van der Waals surface area contributed by atoms with Crippen molar-refractivity contribution in [2.75, 3.05) is 6.54 Å². The second-order valence-electron chi connectivity index (χ2n) is 5.82. The Hall–Kier alpha value is -1.35. The number of nitrogens with one attached hydrogen (secondary N) is 2. The van der Waals surface area contributed by atoms with Crippen molar-refractivity contribution in [3.8, 4) is 0 Å². The van der Waals surface area contributed by atoms with E-state index in [0.717, 1.165) is 31.4 Å². The van der Waals surface area contributed by atoms with E-state index in [1.165, 1.54) is 5.56 Å². The fraction of sp³-hybridized carbons (Fsp3) is 0.562. The molecule has 0 aromatic heterocycles. The summed E-state index contributed by atoms with van der Waals surface area (Å²) in [5, 5.41) is 6.47. The fourth-order valence-corrected chi connectivity index (χ4v) is 2.54. The molecule has 1 aromatic rings. The molecule has 0 aliphatic carbocycles. The van der Waals surface area contributed by atoms with E-state index in [2.05, 4.69) is 41.8 Å². The van der Waals surface area contributed by atoms with E-state index in [4.69, 9.17) is 0 Å². The third-order valence-corrected chi connectivity index (χ3v) is 4.04. The van der Waals surface area contributed by atoms with Gasteiger partial charge in [-0.2, -0.15) is 0 Å². The van der Waals surface area contributed by atoms with Crippen LogP contribution in [0.25, 0.3) is 0 Å². The number of aryl methyl sites for hydroxylation is 1. The molecule has 1 heterocycles. The average Bonchev–Trinajstić information content (AvgIpc) is 2.40. The summed E-state index contributed by atoms with van der Waals surface area (Å²) in [6.45, 7) is 7.04. The molecule has 1 saturated heterocycles. The van der Waals surface area contributed by atoms with Crippen molar-refractivity contribution in [1.29, 1.82) is 0 Å². The molecule has 0 saturated carbocycles. The highest BCUT2D eigenvalue weighted by Crippen LogP contribution is 2.21. The zero-order valence-electron chi connectivity index (χ0n) is 12.1. The topological polar surface area (TPSA) is 41.1 Å². The molecule has 1 aliphatic heterocycles. The van der Waals surface area contributed by atoms with Crippen LogP contribution in [-0.2, 0) is 4.79 Å². The standard InChI is InChI=1S/C16H24N2O/c1-12-6-8-14(9-7-12)13(2)18-15(19)16(3)10-4-5-11-17-16/h6-9,13,17H,4-5,10-11H2,1-3H3,(H,18,19). The summed E-state index contributed by atoms with van der Waals surface area (Å²) in [6, 6.07) is 8.37. The molecule has 0 spiro atoms. The molecule has 2 N–H and O–H groups in total. The van der Waals surface area contributed by atoms with Crippen molar-refractivity contribution in [1.82, 2.24) is 10.6 Å². The summed E-state index contributed by atoms with van der Waals surface area (Å²) in [6.07, 6.45) is 3.20. The molecule has 1 fully saturated rings. The SMILES string of the molecule is Cc1ccc(C(C)NC(=O)C2(C)CCCCN2)cc1. The lowest BCUT2D eigenvalue weighted by molar-refractivity contribution is -0.128. The summed E-state index contributed by atoms with van der Waals surface area (Å²) in [5.74, 6) is 0.111. The van der Waals surface area contributed by atoms with E-state index in [9.17, 15) is 4.79 Å². The van der Waals surface area contributed by atoms with Crippen LogP contribution in [0.15, 0.2) is 24.3 Å². The zero-order chi connectivity index (χ0) is 13.9.